The van der Waals surface area contributed by atoms with Crippen molar-refractivity contribution in [2.75, 3.05) is 11.9 Å². The molecule has 0 bridgehead atoms. The minimum Gasteiger partial charge on any atom is -0.277 e. The van der Waals surface area contributed by atoms with Crippen molar-refractivity contribution < 1.29 is 4.57 Å². The molecule has 0 fully saturated rings. The molecule has 2 aromatic carbocycles. The Hall–Kier alpha value is -2.29. The number of hydrogen-bond acceptors (Lipinski definition) is 1. The predicted octanol–water partition coefficient (Wildman–Crippen LogP) is 2.79. The van der Waals surface area contributed by atoms with Crippen molar-refractivity contribution in [3.05, 3.63) is 60.2 Å². The van der Waals surface area contributed by atoms with Crippen molar-refractivity contribution in [1.82, 2.24) is 4.57 Å². The van der Waals surface area contributed by atoms with Crippen LogP contribution in [-0.2, 0) is 13.1 Å². The highest BCUT2D eigenvalue weighted by Crippen LogP contribution is 2.21. The van der Waals surface area contributed by atoms with E-state index in [9.17, 15) is 0 Å². The summed E-state index contributed by atoms with van der Waals surface area (Å²) in [6.07, 6.45) is 1.19. The lowest BCUT2D eigenvalue weighted by Crippen LogP contribution is -2.41. The van der Waals surface area contributed by atoms with Gasteiger partial charge in [-0.2, -0.15) is 0 Å². The Kier molecular flexibility index (Phi) is 2.69. The molecule has 3 nitrogen and oxygen atoms in total. The molecule has 20 heavy (non-hydrogen) atoms. The van der Waals surface area contributed by atoms with Gasteiger partial charge in [0, 0.05) is 6.42 Å². The molecular formula is C17H18N3+. The second kappa shape index (κ2) is 4.67. The fraction of sp³-hybridized carbons (Fsp3) is 0.235. The molecule has 0 aliphatic carbocycles. The number of hydrogen-bond donors (Lipinski definition) is 1. The molecule has 1 N–H and O–H groups in total. The average molecular weight is 264 g/mol. The number of nitrogens with one attached hydrogen (secondary N) is 1. The van der Waals surface area contributed by atoms with E-state index in [2.05, 4.69) is 69.0 Å². The smallest absolute Gasteiger partial charge is 0.277 e. The van der Waals surface area contributed by atoms with Crippen molar-refractivity contribution in [1.29, 1.82) is 0 Å². The molecule has 0 atom stereocenters. The number of aryl methyl sites for hydroxylation is 1. The van der Waals surface area contributed by atoms with Gasteiger partial charge in [0.05, 0.1) is 19.6 Å². The number of anilines is 1. The highest BCUT2D eigenvalue weighted by atomic mass is 15.3. The Bertz CT molecular complexity index is 744. The summed E-state index contributed by atoms with van der Waals surface area (Å²) in [6, 6.07) is 19.3. The van der Waals surface area contributed by atoms with Gasteiger partial charge in [0.25, 0.3) is 0 Å². The third-order valence-corrected chi connectivity index (χ3v) is 4.00. The number of nitrogens with zero attached hydrogens (tertiary/aromatic N) is 2. The zero-order valence-corrected chi connectivity index (χ0v) is 11.4. The van der Waals surface area contributed by atoms with Gasteiger partial charge in [0.2, 0.25) is 0 Å². The van der Waals surface area contributed by atoms with Crippen LogP contribution in [0.2, 0.25) is 0 Å². The Balaban J connectivity index is 1.89. The van der Waals surface area contributed by atoms with Gasteiger partial charge < -0.3 is 0 Å². The highest BCUT2D eigenvalue weighted by Gasteiger charge is 2.25. The van der Waals surface area contributed by atoms with Crippen molar-refractivity contribution >= 4 is 17.0 Å². The quantitative estimate of drug-likeness (QED) is 0.706. The lowest BCUT2D eigenvalue weighted by atomic mass is 10.2. The predicted molar refractivity (Wildman–Crippen MR) is 80.8 cm³/mol. The van der Waals surface area contributed by atoms with Crippen LogP contribution in [-0.4, -0.2) is 11.1 Å². The van der Waals surface area contributed by atoms with Crippen LogP contribution in [0.1, 0.15) is 12.0 Å². The summed E-state index contributed by atoms with van der Waals surface area (Å²) in [5.41, 5.74) is 3.97. The highest BCUT2D eigenvalue weighted by molar-refractivity contribution is 5.74. The van der Waals surface area contributed by atoms with Crippen LogP contribution in [0.4, 0.5) is 5.95 Å². The van der Waals surface area contributed by atoms with Crippen LogP contribution in [0.15, 0.2) is 54.6 Å². The van der Waals surface area contributed by atoms with E-state index in [0.717, 1.165) is 19.6 Å². The van der Waals surface area contributed by atoms with Gasteiger partial charge in [-0.3, -0.25) is 5.32 Å². The number of imidazole rings is 1. The minimum atomic E-state index is 0.913. The molecule has 0 spiro atoms. The standard InChI is InChI=1S/C17H17N3/c1-2-7-14(8-3-1)13-20-16-10-5-4-9-15(16)19-12-6-11-18-17(19)20/h1-5,7-10H,6,11-13H2/p+1. The molecule has 0 unspecified atom stereocenters. The van der Waals surface area contributed by atoms with E-state index in [4.69, 9.17) is 0 Å². The Morgan fingerprint density at radius 2 is 1.80 bits per heavy atom. The van der Waals surface area contributed by atoms with Gasteiger partial charge in [0.15, 0.2) is 0 Å². The minimum absolute atomic E-state index is 0.913. The van der Waals surface area contributed by atoms with E-state index in [0.29, 0.717) is 0 Å². The van der Waals surface area contributed by atoms with Crippen LogP contribution in [0.3, 0.4) is 0 Å². The van der Waals surface area contributed by atoms with E-state index in [1.165, 1.54) is 29.0 Å². The first kappa shape index (κ1) is 11.5. The number of para-hydroxylation sites is 2. The largest absolute Gasteiger partial charge is 0.358 e. The van der Waals surface area contributed by atoms with Gasteiger partial charge in [-0.15, -0.1) is 0 Å². The number of benzene rings is 2. The molecule has 0 saturated heterocycles. The molecule has 0 amide bonds. The summed E-state index contributed by atoms with van der Waals surface area (Å²) in [7, 11) is 0. The van der Waals surface area contributed by atoms with Crippen molar-refractivity contribution in [2.45, 2.75) is 19.5 Å². The summed E-state index contributed by atoms with van der Waals surface area (Å²) in [5.74, 6) is 1.24. The molecule has 1 aliphatic heterocycles. The molecule has 0 radical (unpaired) electrons. The molecule has 2 heterocycles. The van der Waals surface area contributed by atoms with E-state index >= 15 is 0 Å². The SMILES string of the molecule is c1ccc(Cn2c3[n+](c4ccccc42)CCCN3)cc1. The Labute approximate surface area is 118 Å². The summed E-state index contributed by atoms with van der Waals surface area (Å²) < 4.78 is 4.80. The lowest BCUT2D eigenvalue weighted by molar-refractivity contribution is -0.661. The van der Waals surface area contributed by atoms with E-state index in [1.54, 1.807) is 0 Å². The third-order valence-electron chi connectivity index (χ3n) is 4.00. The van der Waals surface area contributed by atoms with Crippen LogP contribution >= 0.6 is 0 Å². The van der Waals surface area contributed by atoms with Gasteiger partial charge in [-0.25, -0.2) is 9.13 Å². The second-order valence-electron chi connectivity index (χ2n) is 5.32. The number of aromatic nitrogens is 2. The summed E-state index contributed by atoms with van der Waals surface area (Å²) in [5, 5.41) is 3.57. The first-order valence-corrected chi connectivity index (χ1v) is 7.22. The Morgan fingerprint density at radius 1 is 1.00 bits per heavy atom. The molecule has 1 aromatic heterocycles. The zero-order chi connectivity index (χ0) is 13.4. The summed E-state index contributed by atoms with van der Waals surface area (Å²) in [4.78, 5) is 0. The monoisotopic (exact) mass is 264 g/mol. The van der Waals surface area contributed by atoms with Crippen LogP contribution in [0, 0.1) is 0 Å². The van der Waals surface area contributed by atoms with Crippen molar-refractivity contribution in [3.8, 4) is 0 Å². The number of fused-ring (bicyclic) bond motifs is 3. The van der Waals surface area contributed by atoms with Crippen LogP contribution in [0.25, 0.3) is 11.0 Å². The van der Waals surface area contributed by atoms with Crippen molar-refractivity contribution in [3.63, 3.8) is 0 Å². The fourth-order valence-electron chi connectivity index (χ4n) is 3.08. The van der Waals surface area contributed by atoms with E-state index in [1.807, 2.05) is 0 Å². The van der Waals surface area contributed by atoms with Gasteiger partial charge in [0.1, 0.15) is 11.0 Å². The normalized spacial score (nSPS) is 14.0. The molecule has 1 aliphatic rings. The van der Waals surface area contributed by atoms with Gasteiger partial charge >= 0.3 is 5.95 Å². The maximum Gasteiger partial charge on any atom is 0.358 e. The molecule has 4 rings (SSSR count). The fourth-order valence-corrected chi connectivity index (χ4v) is 3.08. The lowest BCUT2D eigenvalue weighted by Gasteiger charge is -2.11. The molecule has 3 aromatic rings. The topological polar surface area (TPSA) is 20.8 Å². The van der Waals surface area contributed by atoms with Crippen LogP contribution in [0.5, 0.6) is 0 Å². The first-order chi connectivity index (χ1) is 9.93. The third kappa shape index (κ3) is 1.78. The summed E-state index contributed by atoms with van der Waals surface area (Å²) in [6.45, 7) is 3.08. The first-order valence-electron chi connectivity index (χ1n) is 7.22. The van der Waals surface area contributed by atoms with Gasteiger partial charge in [-0.05, 0) is 17.7 Å². The molecule has 3 heteroatoms. The van der Waals surface area contributed by atoms with Crippen LogP contribution < -0.4 is 9.88 Å². The average Bonchev–Trinajstić information content (AvgIpc) is 2.84. The number of rotatable bonds is 2. The van der Waals surface area contributed by atoms with E-state index < -0.39 is 0 Å². The van der Waals surface area contributed by atoms with Gasteiger partial charge in [-0.1, -0.05) is 42.5 Å². The maximum absolute atomic E-state index is 3.57. The maximum atomic E-state index is 3.57. The van der Waals surface area contributed by atoms with Crippen molar-refractivity contribution in [2.24, 2.45) is 0 Å². The molecular weight excluding hydrogens is 246 g/mol. The van der Waals surface area contributed by atoms with E-state index in [-0.39, 0.29) is 0 Å². The second-order valence-corrected chi connectivity index (χ2v) is 5.32. The molecule has 0 saturated carbocycles. The zero-order valence-electron chi connectivity index (χ0n) is 11.4. The summed E-state index contributed by atoms with van der Waals surface area (Å²) >= 11 is 0. The molecule has 100 valence electrons. The Morgan fingerprint density at radius 3 is 2.70 bits per heavy atom.